The molecule has 1 aliphatic rings. The minimum absolute atomic E-state index is 0.0268. The summed E-state index contributed by atoms with van der Waals surface area (Å²) in [6, 6.07) is 0. The molecule has 1 heterocycles. The maximum atomic E-state index is 12.7. The Morgan fingerprint density at radius 3 is 2.63 bits per heavy atom. The molecule has 6 nitrogen and oxygen atoms in total. The van der Waals surface area contributed by atoms with Crippen LogP contribution in [0.25, 0.3) is 0 Å². The average molecular weight is 271 g/mol. The molecule has 1 rings (SSSR count). The quantitative estimate of drug-likeness (QED) is 0.349. The Hall–Kier alpha value is -1.30. The topological polar surface area (TPSA) is 88.2 Å². The van der Waals surface area contributed by atoms with Crippen LogP contribution in [0.5, 0.6) is 0 Å². The van der Waals surface area contributed by atoms with E-state index in [0.717, 1.165) is 0 Å². The Bertz CT molecular complexity index is 381. The number of amides is 1. The van der Waals surface area contributed by atoms with Crippen molar-refractivity contribution in [3.05, 3.63) is 0 Å². The first-order valence-electron chi connectivity index (χ1n) is 6.61. The molecular formula is C13H25N3O3. The second-order valence-electron chi connectivity index (χ2n) is 6.04. The molecular weight excluding hydrogens is 246 g/mol. The second-order valence-corrected chi connectivity index (χ2v) is 6.04. The lowest BCUT2D eigenvalue weighted by Crippen LogP contribution is -2.58. The standard InChI is InChI=1S/C13H25N3O3/c1-6-13(5,10(14)15-18)11(17)16-7-9(2)19-12(3,4)8-16/h9,18H,6-8H2,1-5H3,(H2,14,15). The van der Waals surface area contributed by atoms with Crippen LogP contribution in [0.2, 0.25) is 0 Å². The number of amidine groups is 1. The van der Waals surface area contributed by atoms with Crippen molar-refractivity contribution in [2.45, 2.75) is 52.7 Å². The van der Waals surface area contributed by atoms with Crippen molar-refractivity contribution in [2.75, 3.05) is 13.1 Å². The highest BCUT2D eigenvalue weighted by molar-refractivity contribution is 6.06. The summed E-state index contributed by atoms with van der Waals surface area (Å²) in [6.45, 7) is 10.4. The number of carbonyl (C=O) groups excluding carboxylic acids is 1. The fourth-order valence-electron chi connectivity index (χ4n) is 2.51. The lowest BCUT2D eigenvalue weighted by molar-refractivity contribution is -0.163. The maximum Gasteiger partial charge on any atom is 0.236 e. The van der Waals surface area contributed by atoms with Crippen molar-refractivity contribution in [1.29, 1.82) is 0 Å². The maximum absolute atomic E-state index is 12.7. The molecule has 0 spiro atoms. The number of nitrogens with zero attached hydrogens (tertiary/aromatic N) is 2. The van der Waals surface area contributed by atoms with E-state index in [0.29, 0.717) is 19.5 Å². The minimum atomic E-state index is -0.970. The van der Waals surface area contributed by atoms with Gasteiger partial charge in [0.15, 0.2) is 5.84 Å². The van der Waals surface area contributed by atoms with Crippen molar-refractivity contribution >= 4 is 11.7 Å². The number of ether oxygens (including phenoxy) is 1. The molecule has 0 aliphatic carbocycles. The number of oxime groups is 1. The van der Waals surface area contributed by atoms with Crippen molar-refractivity contribution in [2.24, 2.45) is 16.3 Å². The number of hydrogen-bond donors (Lipinski definition) is 2. The highest BCUT2D eigenvalue weighted by atomic mass is 16.5. The summed E-state index contributed by atoms with van der Waals surface area (Å²) in [5.41, 5.74) is 4.34. The Morgan fingerprint density at radius 2 is 2.21 bits per heavy atom. The van der Waals surface area contributed by atoms with Gasteiger partial charge in [0.1, 0.15) is 5.41 Å². The van der Waals surface area contributed by atoms with Crippen molar-refractivity contribution < 1.29 is 14.7 Å². The van der Waals surface area contributed by atoms with Gasteiger partial charge >= 0.3 is 0 Å². The molecule has 0 bridgehead atoms. The Kier molecular flexibility index (Phi) is 4.45. The van der Waals surface area contributed by atoms with E-state index in [2.05, 4.69) is 5.16 Å². The van der Waals surface area contributed by atoms with Crippen molar-refractivity contribution in [3.8, 4) is 0 Å². The van der Waals surface area contributed by atoms with Gasteiger partial charge in [0.05, 0.1) is 11.7 Å². The highest BCUT2D eigenvalue weighted by Gasteiger charge is 2.43. The van der Waals surface area contributed by atoms with E-state index in [1.807, 2.05) is 27.7 Å². The van der Waals surface area contributed by atoms with Gasteiger partial charge in [-0.2, -0.15) is 0 Å². The largest absolute Gasteiger partial charge is 0.409 e. The molecule has 6 heteroatoms. The van der Waals surface area contributed by atoms with Crippen LogP contribution in [-0.2, 0) is 9.53 Å². The van der Waals surface area contributed by atoms with Crippen molar-refractivity contribution in [3.63, 3.8) is 0 Å². The fraction of sp³-hybridized carbons (Fsp3) is 0.846. The van der Waals surface area contributed by atoms with Crippen LogP contribution >= 0.6 is 0 Å². The molecule has 1 fully saturated rings. The molecule has 19 heavy (non-hydrogen) atoms. The van der Waals surface area contributed by atoms with Crippen LogP contribution in [0.1, 0.15) is 41.0 Å². The van der Waals surface area contributed by atoms with Crippen LogP contribution in [0.3, 0.4) is 0 Å². The van der Waals surface area contributed by atoms with Gasteiger partial charge in [-0.15, -0.1) is 0 Å². The molecule has 0 saturated carbocycles. The summed E-state index contributed by atoms with van der Waals surface area (Å²) in [7, 11) is 0. The van der Waals surface area contributed by atoms with Gasteiger partial charge in [0.2, 0.25) is 5.91 Å². The monoisotopic (exact) mass is 271 g/mol. The zero-order valence-electron chi connectivity index (χ0n) is 12.4. The number of morpholine rings is 1. The van der Waals surface area contributed by atoms with Gasteiger partial charge in [-0.1, -0.05) is 12.1 Å². The van der Waals surface area contributed by atoms with Gasteiger partial charge in [-0.05, 0) is 34.1 Å². The summed E-state index contributed by atoms with van der Waals surface area (Å²) in [6.07, 6.45) is 0.453. The molecule has 110 valence electrons. The van der Waals surface area contributed by atoms with Gasteiger partial charge in [0, 0.05) is 13.1 Å². The van der Waals surface area contributed by atoms with E-state index in [1.54, 1.807) is 11.8 Å². The minimum Gasteiger partial charge on any atom is -0.409 e. The number of rotatable bonds is 3. The Morgan fingerprint density at radius 1 is 1.63 bits per heavy atom. The summed E-state index contributed by atoms with van der Waals surface area (Å²) in [5, 5.41) is 11.9. The normalized spacial score (nSPS) is 26.9. The number of nitrogens with two attached hydrogens (primary N) is 1. The zero-order valence-corrected chi connectivity index (χ0v) is 12.4. The van der Waals surface area contributed by atoms with E-state index >= 15 is 0 Å². The van der Waals surface area contributed by atoms with Crippen LogP contribution in [0, 0.1) is 5.41 Å². The predicted octanol–water partition coefficient (Wildman–Crippen LogP) is 1.17. The molecule has 0 aromatic carbocycles. The lowest BCUT2D eigenvalue weighted by Gasteiger charge is -2.44. The van der Waals surface area contributed by atoms with Crippen LogP contribution in [-0.4, -0.2) is 46.6 Å². The molecule has 0 aromatic rings. The van der Waals surface area contributed by atoms with Crippen LogP contribution in [0.4, 0.5) is 0 Å². The first-order chi connectivity index (χ1) is 8.66. The SMILES string of the molecule is CCC(C)(C(=O)N1CC(C)OC(C)(C)C1)C(N)=NO. The molecule has 2 atom stereocenters. The highest BCUT2D eigenvalue weighted by Crippen LogP contribution is 2.29. The number of carbonyl (C=O) groups is 1. The first-order valence-corrected chi connectivity index (χ1v) is 6.61. The lowest BCUT2D eigenvalue weighted by atomic mass is 9.84. The molecule has 1 saturated heterocycles. The summed E-state index contributed by atoms with van der Waals surface area (Å²) in [4.78, 5) is 14.4. The summed E-state index contributed by atoms with van der Waals surface area (Å²) in [5.74, 6) is -0.162. The summed E-state index contributed by atoms with van der Waals surface area (Å²) >= 11 is 0. The van der Waals surface area contributed by atoms with Crippen LogP contribution < -0.4 is 5.73 Å². The van der Waals surface area contributed by atoms with Crippen LogP contribution in [0.15, 0.2) is 5.16 Å². The average Bonchev–Trinajstić information content (AvgIpc) is 2.33. The Labute approximate surface area is 114 Å². The first kappa shape index (κ1) is 15.8. The molecule has 0 aromatic heterocycles. The molecule has 2 unspecified atom stereocenters. The van der Waals surface area contributed by atoms with E-state index in [-0.39, 0.29) is 23.4 Å². The van der Waals surface area contributed by atoms with Gasteiger partial charge in [-0.3, -0.25) is 4.79 Å². The smallest absolute Gasteiger partial charge is 0.236 e. The van der Waals surface area contributed by atoms with Gasteiger partial charge in [0.25, 0.3) is 0 Å². The van der Waals surface area contributed by atoms with Crippen molar-refractivity contribution in [1.82, 2.24) is 4.90 Å². The zero-order chi connectivity index (χ0) is 14.8. The molecule has 0 radical (unpaired) electrons. The summed E-state index contributed by atoms with van der Waals surface area (Å²) < 4.78 is 5.78. The molecule has 1 aliphatic heterocycles. The predicted molar refractivity (Wildman–Crippen MR) is 73.0 cm³/mol. The van der Waals surface area contributed by atoms with E-state index in [9.17, 15) is 4.79 Å². The molecule has 3 N–H and O–H groups in total. The fourth-order valence-corrected chi connectivity index (χ4v) is 2.51. The Balaban J connectivity index is 2.98. The number of hydrogen-bond acceptors (Lipinski definition) is 4. The van der Waals surface area contributed by atoms with E-state index in [1.165, 1.54) is 0 Å². The van der Waals surface area contributed by atoms with Gasteiger partial charge in [-0.25, -0.2) is 0 Å². The molecule has 1 amide bonds. The second kappa shape index (κ2) is 5.36. The van der Waals surface area contributed by atoms with E-state index in [4.69, 9.17) is 15.7 Å². The van der Waals surface area contributed by atoms with E-state index < -0.39 is 5.41 Å². The third-order valence-electron chi connectivity index (χ3n) is 3.71. The third-order valence-corrected chi connectivity index (χ3v) is 3.71. The van der Waals surface area contributed by atoms with Gasteiger partial charge < -0.3 is 20.6 Å². The third kappa shape index (κ3) is 3.18.